The number of methoxy groups -OCH3 is 1. The highest BCUT2D eigenvalue weighted by Crippen LogP contribution is 2.22. The van der Waals surface area contributed by atoms with Crippen LogP contribution < -0.4 is 14.4 Å². The Balaban J connectivity index is 2.07. The fraction of sp³-hybridized carbons (Fsp3) is 0.350. The Morgan fingerprint density at radius 3 is 2.37 bits per heavy atom. The molecule has 146 valence electrons. The molecule has 0 fully saturated rings. The fourth-order valence-corrected chi connectivity index (χ4v) is 3.57. The van der Waals surface area contributed by atoms with Gasteiger partial charge in [0, 0.05) is 24.7 Å². The third kappa shape index (κ3) is 5.99. The van der Waals surface area contributed by atoms with Crippen molar-refractivity contribution in [3.05, 3.63) is 54.1 Å². The molecule has 1 amide bonds. The predicted molar refractivity (Wildman–Crippen MR) is 109 cm³/mol. The van der Waals surface area contributed by atoms with Crippen LogP contribution in [0.2, 0.25) is 0 Å². The summed E-state index contributed by atoms with van der Waals surface area (Å²) in [6, 6.07) is 14.4. The van der Waals surface area contributed by atoms with Crippen LogP contribution in [0.5, 0.6) is 5.75 Å². The molecule has 0 unspecified atom stereocenters. The SMILES string of the molecule is COc1cccc(NC(=O)CCN(c2ccc(C(C)C)cc2)S(C)(=O)=O)c1. The number of ether oxygens (including phenoxy) is 1. The van der Waals surface area contributed by atoms with Crippen LogP contribution in [0.3, 0.4) is 0 Å². The highest BCUT2D eigenvalue weighted by atomic mass is 32.2. The number of carbonyl (C=O) groups excluding carboxylic acids is 1. The Morgan fingerprint density at radius 2 is 1.81 bits per heavy atom. The Bertz CT molecular complexity index is 877. The van der Waals surface area contributed by atoms with Gasteiger partial charge in [0.2, 0.25) is 15.9 Å². The summed E-state index contributed by atoms with van der Waals surface area (Å²) in [5.74, 6) is 0.728. The molecular formula is C20H26N2O4S. The maximum atomic E-state index is 12.2. The van der Waals surface area contributed by atoms with Crippen molar-refractivity contribution in [3.63, 3.8) is 0 Å². The summed E-state index contributed by atoms with van der Waals surface area (Å²) in [5, 5.41) is 2.76. The van der Waals surface area contributed by atoms with Gasteiger partial charge in [-0.3, -0.25) is 9.10 Å². The molecule has 2 rings (SSSR count). The first-order valence-corrected chi connectivity index (χ1v) is 10.6. The summed E-state index contributed by atoms with van der Waals surface area (Å²) in [6.07, 6.45) is 1.18. The number of rotatable bonds is 8. The Hall–Kier alpha value is -2.54. The molecule has 0 aliphatic heterocycles. The summed E-state index contributed by atoms with van der Waals surface area (Å²) in [6.45, 7) is 4.22. The van der Waals surface area contributed by atoms with E-state index >= 15 is 0 Å². The number of sulfonamides is 1. The van der Waals surface area contributed by atoms with Gasteiger partial charge >= 0.3 is 0 Å². The molecule has 2 aromatic carbocycles. The number of nitrogens with one attached hydrogen (secondary N) is 1. The second kappa shape index (κ2) is 8.90. The lowest BCUT2D eigenvalue weighted by Crippen LogP contribution is -2.33. The van der Waals surface area contributed by atoms with Gasteiger partial charge < -0.3 is 10.1 Å². The normalized spacial score (nSPS) is 11.3. The van der Waals surface area contributed by atoms with Gasteiger partial charge in [0.05, 0.1) is 19.1 Å². The largest absolute Gasteiger partial charge is 0.497 e. The molecule has 0 saturated carbocycles. The van der Waals surface area contributed by atoms with Gasteiger partial charge in [-0.25, -0.2) is 8.42 Å². The van der Waals surface area contributed by atoms with E-state index in [4.69, 9.17) is 4.74 Å². The average molecular weight is 391 g/mol. The van der Waals surface area contributed by atoms with Gasteiger partial charge in [0.15, 0.2) is 0 Å². The summed E-state index contributed by atoms with van der Waals surface area (Å²) in [7, 11) is -1.95. The summed E-state index contributed by atoms with van der Waals surface area (Å²) >= 11 is 0. The minimum atomic E-state index is -3.50. The maximum absolute atomic E-state index is 12.2. The first kappa shape index (κ1) is 20.8. The quantitative estimate of drug-likeness (QED) is 0.747. The highest BCUT2D eigenvalue weighted by Gasteiger charge is 2.19. The molecule has 0 aromatic heterocycles. The van der Waals surface area contributed by atoms with Crippen molar-refractivity contribution in [1.82, 2.24) is 0 Å². The van der Waals surface area contributed by atoms with Crippen molar-refractivity contribution in [2.75, 3.05) is 29.5 Å². The van der Waals surface area contributed by atoms with E-state index in [0.29, 0.717) is 23.0 Å². The lowest BCUT2D eigenvalue weighted by Gasteiger charge is -2.22. The summed E-state index contributed by atoms with van der Waals surface area (Å²) in [5.41, 5.74) is 2.28. The van der Waals surface area contributed by atoms with Gasteiger partial charge in [-0.2, -0.15) is 0 Å². The first-order valence-electron chi connectivity index (χ1n) is 8.72. The predicted octanol–water partition coefficient (Wildman–Crippen LogP) is 3.61. The van der Waals surface area contributed by atoms with Gasteiger partial charge in [0.25, 0.3) is 0 Å². The number of amides is 1. The Labute approximate surface area is 161 Å². The molecule has 27 heavy (non-hydrogen) atoms. The second-order valence-electron chi connectivity index (χ2n) is 6.61. The Morgan fingerprint density at radius 1 is 1.15 bits per heavy atom. The van der Waals surface area contributed by atoms with E-state index in [9.17, 15) is 13.2 Å². The molecule has 0 bridgehead atoms. The average Bonchev–Trinajstić information content (AvgIpc) is 2.61. The van der Waals surface area contributed by atoms with Crippen LogP contribution >= 0.6 is 0 Å². The lowest BCUT2D eigenvalue weighted by molar-refractivity contribution is -0.116. The fourth-order valence-electron chi connectivity index (χ4n) is 2.64. The molecule has 1 N–H and O–H groups in total. The van der Waals surface area contributed by atoms with Crippen LogP contribution in [0.4, 0.5) is 11.4 Å². The molecule has 0 saturated heterocycles. The van der Waals surface area contributed by atoms with Crippen molar-refractivity contribution in [2.45, 2.75) is 26.2 Å². The minimum Gasteiger partial charge on any atom is -0.497 e. The number of nitrogens with zero attached hydrogens (tertiary/aromatic N) is 1. The molecule has 0 atom stereocenters. The van der Waals surface area contributed by atoms with E-state index in [1.807, 2.05) is 12.1 Å². The van der Waals surface area contributed by atoms with Gasteiger partial charge in [-0.05, 0) is 35.7 Å². The van der Waals surface area contributed by atoms with Crippen molar-refractivity contribution >= 4 is 27.3 Å². The van der Waals surface area contributed by atoms with Gasteiger partial charge in [-0.1, -0.05) is 32.0 Å². The standard InChI is InChI=1S/C20H26N2O4S/c1-15(2)16-8-10-18(11-9-16)22(27(4,24)25)13-12-20(23)21-17-6-5-7-19(14-17)26-3/h5-11,14-15H,12-13H2,1-4H3,(H,21,23). The number of hydrogen-bond acceptors (Lipinski definition) is 4. The molecule has 6 nitrogen and oxygen atoms in total. The van der Waals surface area contributed by atoms with Crippen LogP contribution in [0.15, 0.2) is 48.5 Å². The van der Waals surface area contributed by atoms with Crippen molar-refractivity contribution in [3.8, 4) is 5.75 Å². The van der Waals surface area contributed by atoms with E-state index in [1.54, 1.807) is 43.5 Å². The smallest absolute Gasteiger partial charge is 0.232 e. The molecule has 0 aliphatic carbocycles. The van der Waals surface area contributed by atoms with E-state index in [1.165, 1.54) is 4.31 Å². The molecule has 0 heterocycles. The van der Waals surface area contributed by atoms with Crippen LogP contribution in [0, 0.1) is 0 Å². The third-order valence-corrected chi connectivity index (χ3v) is 5.34. The van der Waals surface area contributed by atoms with Crippen molar-refractivity contribution < 1.29 is 17.9 Å². The lowest BCUT2D eigenvalue weighted by atomic mass is 10.0. The Kier molecular flexibility index (Phi) is 6.85. The van der Waals surface area contributed by atoms with Crippen molar-refractivity contribution in [2.24, 2.45) is 0 Å². The first-order chi connectivity index (χ1) is 12.7. The zero-order valence-electron chi connectivity index (χ0n) is 16.1. The third-order valence-electron chi connectivity index (χ3n) is 4.14. The maximum Gasteiger partial charge on any atom is 0.232 e. The molecule has 7 heteroatoms. The number of carbonyl (C=O) groups is 1. The second-order valence-corrected chi connectivity index (χ2v) is 8.52. The van der Waals surface area contributed by atoms with Crippen LogP contribution in [0.25, 0.3) is 0 Å². The molecule has 2 aromatic rings. The van der Waals surface area contributed by atoms with Crippen molar-refractivity contribution in [1.29, 1.82) is 0 Å². The molecule has 0 spiro atoms. The monoisotopic (exact) mass is 390 g/mol. The van der Waals surface area contributed by atoms with Gasteiger partial charge in [0.1, 0.15) is 5.75 Å². The summed E-state index contributed by atoms with van der Waals surface area (Å²) in [4.78, 5) is 12.2. The number of benzene rings is 2. The molecular weight excluding hydrogens is 364 g/mol. The topological polar surface area (TPSA) is 75.7 Å². The van der Waals surface area contributed by atoms with Crippen LogP contribution in [-0.4, -0.2) is 34.2 Å². The highest BCUT2D eigenvalue weighted by molar-refractivity contribution is 7.92. The van der Waals surface area contributed by atoms with Crippen LogP contribution in [-0.2, 0) is 14.8 Å². The van der Waals surface area contributed by atoms with Crippen LogP contribution in [0.1, 0.15) is 31.7 Å². The van der Waals surface area contributed by atoms with E-state index in [0.717, 1.165) is 11.8 Å². The van der Waals surface area contributed by atoms with E-state index < -0.39 is 10.0 Å². The van der Waals surface area contributed by atoms with E-state index in [2.05, 4.69) is 19.2 Å². The number of hydrogen-bond donors (Lipinski definition) is 1. The van der Waals surface area contributed by atoms with Gasteiger partial charge in [-0.15, -0.1) is 0 Å². The molecule has 0 radical (unpaired) electrons. The van der Waals surface area contributed by atoms with E-state index in [-0.39, 0.29) is 18.9 Å². The molecule has 0 aliphatic rings. The minimum absolute atomic E-state index is 0.0379. The zero-order valence-corrected chi connectivity index (χ0v) is 16.9. The zero-order chi connectivity index (χ0) is 20.0. The summed E-state index contributed by atoms with van der Waals surface area (Å²) < 4.78 is 30.7. The number of anilines is 2.